The Balaban J connectivity index is 2.03. The average Bonchev–Trinajstić information content (AvgIpc) is 2.20. The average molecular weight is 176 g/mol. The molecule has 2 heterocycles. The first-order valence-electron chi connectivity index (χ1n) is 4.69. The molecule has 0 N–H and O–H groups in total. The molecule has 0 amide bonds. The van der Waals surface area contributed by atoms with Gasteiger partial charge < -0.3 is 4.90 Å². The SMILES string of the molecule is C[C]1CCN(c2ncccn2)CC1. The molecule has 0 bridgehead atoms. The molecule has 0 aliphatic carbocycles. The third-order valence-corrected chi connectivity index (χ3v) is 2.45. The minimum absolute atomic E-state index is 0.870. The summed E-state index contributed by atoms with van der Waals surface area (Å²) in [6, 6.07) is 1.85. The predicted octanol–water partition coefficient (Wildman–Crippen LogP) is 1.67. The molecule has 0 aromatic carbocycles. The third-order valence-electron chi connectivity index (χ3n) is 2.45. The number of piperidine rings is 1. The molecule has 13 heavy (non-hydrogen) atoms. The smallest absolute Gasteiger partial charge is 0.225 e. The number of nitrogens with zero attached hydrogens (tertiary/aromatic N) is 3. The van der Waals surface area contributed by atoms with Crippen LogP contribution in [0, 0.1) is 5.92 Å². The van der Waals surface area contributed by atoms with Gasteiger partial charge in [0, 0.05) is 25.5 Å². The van der Waals surface area contributed by atoms with Crippen LogP contribution in [0.5, 0.6) is 0 Å². The van der Waals surface area contributed by atoms with Crippen LogP contribution in [0.1, 0.15) is 19.8 Å². The number of rotatable bonds is 1. The largest absolute Gasteiger partial charge is 0.341 e. The molecule has 1 aromatic heterocycles. The van der Waals surface area contributed by atoms with Gasteiger partial charge in [-0.05, 0) is 24.8 Å². The molecule has 0 spiro atoms. The highest BCUT2D eigenvalue weighted by Gasteiger charge is 2.17. The van der Waals surface area contributed by atoms with Gasteiger partial charge >= 0.3 is 0 Å². The molecule has 1 aromatic rings. The summed E-state index contributed by atoms with van der Waals surface area (Å²) in [5, 5.41) is 0. The van der Waals surface area contributed by atoms with Gasteiger partial charge in [0.2, 0.25) is 5.95 Å². The molecule has 1 saturated heterocycles. The van der Waals surface area contributed by atoms with E-state index in [9.17, 15) is 0 Å². The van der Waals surface area contributed by atoms with Crippen molar-refractivity contribution in [3.05, 3.63) is 24.4 Å². The van der Waals surface area contributed by atoms with E-state index in [1.54, 1.807) is 18.3 Å². The Kier molecular flexibility index (Phi) is 2.43. The standard InChI is InChI=1S/C10H14N3/c1-9-3-7-13(8-4-9)10-11-5-2-6-12-10/h2,5-6H,3-4,7-8H2,1H3. The Morgan fingerprint density at radius 1 is 1.15 bits per heavy atom. The fourth-order valence-corrected chi connectivity index (χ4v) is 1.54. The van der Waals surface area contributed by atoms with Gasteiger partial charge in [-0.2, -0.15) is 0 Å². The van der Waals surface area contributed by atoms with Crippen LogP contribution in [0.25, 0.3) is 0 Å². The van der Waals surface area contributed by atoms with E-state index in [0.717, 1.165) is 19.0 Å². The van der Waals surface area contributed by atoms with Gasteiger partial charge in [0.25, 0.3) is 0 Å². The topological polar surface area (TPSA) is 29.0 Å². The van der Waals surface area contributed by atoms with Crippen molar-refractivity contribution < 1.29 is 0 Å². The summed E-state index contributed by atoms with van der Waals surface area (Å²) in [6.07, 6.45) is 5.96. The maximum absolute atomic E-state index is 4.23. The normalized spacial score (nSPS) is 19.0. The van der Waals surface area contributed by atoms with Gasteiger partial charge in [-0.15, -0.1) is 0 Å². The van der Waals surface area contributed by atoms with E-state index in [1.165, 1.54) is 12.8 Å². The monoisotopic (exact) mass is 176 g/mol. The molecular formula is C10H14N3. The molecular weight excluding hydrogens is 162 g/mol. The molecule has 0 saturated carbocycles. The fraction of sp³-hybridized carbons (Fsp3) is 0.500. The number of anilines is 1. The lowest BCUT2D eigenvalue weighted by Gasteiger charge is -2.29. The zero-order valence-electron chi connectivity index (χ0n) is 7.90. The van der Waals surface area contributed by atoms with Crippen molar-refractivity contribution >= 4 is 5.95 Å². The van der Waals surface area contributed by atoms with E-state index in [1.807, 2.05) is 6.07 Å². The maximum Gasteiger partial charge on any atom is 0.225 e. The Morgan fingerprint density at radius 2 is 1.77 bits per heavy atom. The van der Waals surface area contributed by atoms with Gasteiger partial charge in [0.15, 0.2) is 0 Å². The first-order chi connectivity index (χ1) is 6.36. The minimum Gasteiger partial charge on any atom is -0.341 e. The lowest BCUT2D eigenvalue weighted by Crippen LogP contribution is -2.33. The quantitative estimate of drug-likeness (QED) is 0.651. The van der Waals surface area contributed by atoms with Crippen LogP contribution < -0.4 is 4.90 Å². The molecule has 1 aliphatic heterocycles. The van der Waals surface area contributed by atoms with Gasteiger partial charge in [-0.1, -0.05) is 6.92 Å². The second-order valence-corrected chi connectivity index (χ2v) is 3.49. The van der Waals surface area contributed by atoms with Crippen molar-refractivity contribution in [3.8, 4) is 0 Å². The second-order valence-electron chi connectivity index (χ2n) is 3.49. The molecule has 3 nitrogen and oxygen atoms in total. The van der Waals surface area contributed by atoms with Crippen LogP contribution in [-0.2, 0) is 0 Å². The summed E-state index contributed by atoms with van der Waals surface area (Å²) in [5.74, 6) is 2.46. The molecule has 0 atom stereocenters. The zero-order valence-corrected chi connectivity index (χ0v) is 7.90. The lowest BCUT2D eigenvalue weighted by molar-refractivity contribution is 0.603. The van der Waals surface area contributed by atoms with E-state index in [4.69, 9.17) is 0 Å². The molecule has 69 valence electrons. The summed E-state index contributed by atoms with van der Waals surface area (Å²) in [7, 11) is 0. The van der Waals surface area contributed by atoms with Crippen LogP contribution in [0.4, 0.5) is 5.95 Å². The van der Waals surface area contributed by atoms with Crippen molar-refractivity contribution in [2.45, 2.75) is 19.8 Å². The van der Waals surface area contributed by atoms with Crippen molar-refractivity contribution in [3.63, 3.8) is 0 Å². The molecule has 1 aliphatic rings. The number of hydrogen-bond acceptors (Lipinski definition) is 3. The molecule has 0 unspecified atom stereocenters. The summed E-state index contributed by atoms with van der Waals surface area (Å²) < 4.78 is 0. The van der Waals surface area contributed by atoms with Gasteiger partial charge in [-0.3, -0.25) is 0 Å². The van der Waals surface area contributed by atoms with Gasteiger partial charge in [0.1, 0.15) is 0 Å². The van der Waals surface area contributed by atoms with Crippen LogP contribution in [0.3, 0.4) is 0 Å². The second kappa shape index (κ2) is 3.73. The van der Waals surface area contributed by atoms with Crippen molar-refractivity contribution in [1.29, 1.82) is 0 Å². The molecule has 2 rings (SSSR count). The van der Waals surface area contributed by atoms with Gasteiger partial charge in [0.05, 0.1) is 0 Å². The Hall–Kier alpha value is -1.12. The summed E-state index contributed by atoms with van der Waals surface area (Å²) in [6.45, 7) is 4.36. The predicted molar refractivity (Wildman–Crippen MR) is 52.4 cm³/mol. The molecule has 1 fully saturated rings. The minimum atomic E-state index is 0.870. The van der Waals surface area contributed by atoms with E-state index in [0.29, 0.717) is 0 Å². The van der Waals surface area contributed by atoms with Crippen molar-refractivity contribution in [2.75, 3.05) is 18.0 Å². The highest BCUT2D eigenvalue weighted by molar-refractivity contribution is 5.30. The Morgan fingerprint density at radius 3 is 2.38 bits per heavy atom. The van der Waals surface area contributed by atoms with E-state index < -0.39 is 0 Å². The summed E-state index contributed by atoms with van der Waals surface area (Å²) in [4.78, 5) is 10.7. The highest BCUT2D eigenvalue weighted by Crippen LogP contribution is 2.20. The van der Waals surface area contributed by atoms with Crippen LogP contribution >= 0.6 is 0 Å². The summed E-state index contributed by atoms with van der Waals surface area (Å²) >= 11 is 0. The van der Waals surface area contributed by atoms with Crippen LogP contribution in [0.15, 0.2) is 18.5 Å². The Labute approximate surface area is 78.8 Å². The zero-order chi connectivity index (χ0) is 9.10. The molecule has 3 heteroatoms. The van der Waals surface area contributed by atoms with E-state index in [-0.39, 0.29) is 0 Å². The van der Waals surface area contributed by atoms with E-state index in [2.05, 4.69) is 21.8 Å². The first kappa shape index (κ1) is 8.48. The highest BCUT2D eigenvalue weighted by atomic mass is 15.2. The van der Waals surface area contributed by atoms with E-state index >= 15 is 0 Å². The maximum atomic E-state index is 4.23. The molecule has 1 radical (unpaired) electrons. The van der Waals surface area contributed by atoms with Gasteiger partial charge in [-0.25, -0.2) is 9.97 Å². The number of aromatic nitrogens is 2. The lowest BCUT2D eigenvalue weighted by atomic mass is 10.00. The third kappa shape index (κ3) is 1.97. The van der Waals surface area contributed by atoms with Crippen molar-refractivity contribution in [1.82, 2.24) is 9.97 Å². The Bertz CT molecular complexity index is 252. The number of hydrogen-bond donors (Lipinski definition) is 0. The van der Waals surface area contributed by atoms with Crippen molar-refractivity contribution in [2.24, 2.45) is 0 Å². The van der Waals surface area contributed by atoms with Crippen LogP contribution in [0.2, 0.25) is 0 Å². The summed E-state index contributed by atoms with van der Waals surface area (Å²) in [5.41, 5.74) is 0. The van der Waals surface area contributed by atoms with Crippen LogP contribution in [-0.4, -0.2) is 23.1 Å². The fourth-order valence-electron chi connectivity index (χ4n) is 1.54. The first-order valence-corrected chi connectivity index (χ1v) is 4.69.